The maximum atomic E-state index is 5.20. The van der Waals surface area contributed by atoms with E-state index in [0.29, 0.717) is 11.9 Å². The molecule has 0 unspecified atom stereocenters. The number of hydrogen-bond acceptors (Lipinski definition) is 4. The number of nitrogens with one attached hydrogen (secondary N) is 1. The topological polar surface area (TPSA) is 47.0 Å². The lowest BCUT2D eigenvalue weighted by Gasteiger charge is -2.27. The van der Waals surface area contributed by atoms with Gasteiger partial charge in [-0.05, 0) is 38.5 Å². The molecule has 0 radical (unpaired) electrons. The second-order valence-corrected chi connectivity index (χ2v) is 4.96. The van der Waals surface area contributed by atoms with Crippen LogP contribution in [0.5, 0.6) is 5.88 Å². The minimum atomic E-state index is 0.546. The van der Waals surface area contributed by atoms with Crippen LogP contribution in [0.2, 0.25) is 0 Å². The van der Waals surface area contributed by atoms with E-state index in [-0.39, 0.29) is 0 Å². The van der Waals surface area contributed by atoms with Crippen molar-refractivity contribution < 1.29 is 4.74 Å². The first kappa shape index (κ1) is 12.1. The summed E-state index contributed by atoms with van der Waals surface area (Å²) in [4.78, 5) is 8.39. The predicted molar refractivity (Wildman–Crippen MR) is 68.4 cm³/mol. The van der Waals surface area contributed by atoms with Crippen LogP contribution in [-0.2, 0) is 0 Å². The normalized spacial score (nSPS) is 24.4. The second kappa shape index (κ2) is 5.34. The molecule has 1 fully saturated rings. The van der Waals surface area contributed by atoms with Crippen molar-refractivity contribution in [1.29, 1.82) is 0 Å². The summed E-state index contributed by atoms with van der Waals surface area (Å²) in [5.74, 6) is 2.44. The standard InChI is InChI=1S/C13H21N3O/c1-9-4-6-11(7-5-9)16-12-10(2)13(17-3)15-8-14-12/h8-9,11H,4-7H2,1-3H3,(H,14,15,16). The van der Waals surface area contributed by atoms with Crippen molar-refractivity contribution in [2.24, 2.45) is 5.92 Å². The van der Waals surface area contributed by atoms with Gasteiger partial charge in [0.05, 0.1) is 12.7 Å². The van der Waals surface area contributed by atoms with Gasteiger partial charge in [-0.1, -0.05) is 6.92 Å². The van der Waals surface area contributed by atoms with Crippen molar-refractivity contribution in [2.75, 3.05) is 12.4 Å². The van der Waals surface area contributed by atoms with E-state index in [1.165, 1.54) is 25.7 Å². The maximum Gasteiger partial charge on any atom is 0.221 e. The largest absolute Gasteiger partial charge is 0.481 e. The van der Waals surface area contributed by atoms with E-state index in [1.54, 1.807) is 13.4 Å². The summed E-state index contributed by atoms with van der Waals surface area (Å²) >= 11 is 0. The third kappa shape index (κ3) is 2.87. The van der Waals surface area contributed by atoms with Gasteiger partial charge in [-0.15, -0.1) is 0 Å². The highest BCUT2D eigenvalue weighted by Crippen LogP contribution is 2.27. The molecule has 4 heteroatoms. The molecule has 94 valence electrons. The number of methoxy groups -OCH3 is 1. The van der Waals surface area contributed by atoms with Crippen LogP contribution in [0.1, 0.15) is 38.2 Å². The number of nitrogens with zero attached hydrogens (tertiary/aromatic N) is 2. The maximum absolute atomic E-state index is 5.20. The van der Waals surface area contributed by atoms with E-state index in [2.05, 4.69) is 22.2 Å². The van der Waals surface area contributed by atoms with Gasteiger partial charge in [0.25, 0.3) is 0 Å². The summed E-state index contributed by atoms with van der Waals surface area (Å²) in [5, 5.41) is 3.51. The van der Waals surface area contributed by atoms with Crippen LogP contribution in [0.25, 0.3) is 0 Å². The molecule has 2 rings (SSSR count). The van der Waals surface area contributed by atoms with E-state index < -0.39 is 0 Å². The zero-order valence-corrected chi connectivity index (χ0v) is 10.9. The molecule has 1 aromatic heterocycles. The van der Waals surface area contributed by atoms with E-state index >= 15 is 0 Å². The summed E-state index contributed by atoms with van der Waals surface area (Å²) < 4.78 is 5.20. The fourth-order valence-corrected chi connectivity index (χ4v) is 2.38. The first-order chi connectivity index (χ1) is 8.20. The highest BCUT2D eigenvalue weighted by molar-refractivity contribution is 5.48. The van der Waals surface area contributed by atoms with E-state index in [0.717, 1.165) is 17.3 Å². The molecule has 1 aliphatic carbocycles. The lowest BCUT2D eigenvalue weighted by Crippen LogP contribution is -2.26. The number of rotatable bonds is 3. The lowest BCUT2D eigenvalue weighted by molar-refractivity contribution is 0.360. The van der Waals surface area contributed by atoms with E-state index in [4.69, 9.17) is 4.74 Å². The number of aromatic nitrogens is 2. The van der Waals surface area contributed by atoms with E-state index in [1.807, 2.05) is 6.92 Å². The smallest absolute Gasteiger partial charge is 0.221 e. The lowest BCUT2D eigenvalue weighted by atomic mass is 9.87. The van der Waals surface area contributed by atoms with Gasteiger partial charge in [0.2, 0.25) is 5.88 Å². The molecule has 0 aromatic carbocycles. The summed E-state index contributed by atoms with van der Waals surface area (Å²) in [6.07, 6.45) is 6.62. The van der Waals surface area contributed by atoms with Gasteiger partial charge in [-0.25, -0.2) is 9.97 Å². The third-order valence-electron chi connectivity index (χ3n) is 3.59. The predicted octanol–water partition coefficient (Wildman–Crippen LogP) is 2.78. The molecule has 1 saturated carbocycles. The minimum absolute atomic E-state index is 0.546. The van der Waals surface area contributed by atoms with Crippen LogP contribution in [0.3, 0.4) is 0 Å². The summed E-state index contributed by atoms with van der Waals surface area (Å²) in [5.41, 5.74) is 0.994. The molecule has 1 N–H and O–H groups in total. The zero-order valence-electron chi connectivity index (χ0n) is 10.9. The number of ether oxygens (including phenoxy) is 1. The molecule has 1 heterocycles. The second-order valence-electron chi connectivity index (χ2n) is 4.96. The molecular formula is C13H21N3O. The van der Waals surface area contributed by atoms with Gasteiger partial charge in [0.15, 0.2) is 0 Å². The van der Waals surface area contributed by atoms with Gasteiger partial charge >= 0.3 is 0 Å². The molecule has 17 heavy (non-hydrogen) atoms. The van der Waals surface area contributed by atoms with Crippen LogP contribution in [-0.4, -0.2) is 23.1 Å². The van der Waals surface area contributed by atoms with Crippen LogP contribution in [0.15, 0.2) is 6.33 Å². The molecule has 0 aliphatic heterocycles. The van der Waals surface area contributed by atoms with Gasteiger partial charge < -0.3 is 10.1 Å². The van der Waals surface area contributed by atoms with Crippen LogP contribution in [0.4, 0.5) is 5.82 Å². The quantitative estimate of drug-likeness (QED) is 0.875. The molecule has 1 aromatic rings. The van der Waals surface area contributed by atoms with Crippen LogP contribution < -0.4 is 10.1 Å². The monoisotopic (exact) mass is 235 g/mol. The molecule has 0 spiro atoms. The molecule has 1 aliphatic rings. The average Bonchev–Trinajstić information content (AvgIpc) is 2.35. The summed E-state index contributed by atoms with van der Waals surface area (Å²) in [6.45, 7) is 4.32. The van der Waals surface area contributed by atoms with Crippen molar-refractivity contribution >= 4 is 5.82 Å². The van der Waals surface area contributed by atoms with Crippen LogP contribution >= 0.6 is 0 Å². The van der Waals surface area contributed by atoms with Crippen LogP contribution in [0, 0.1) is 12.8 Å². The van der Waals surface area contributed by atoms with Gasteiger partial charge in [-0.2, -0.15) is 0 Å². The van der Waals surface area contributed by atoms with E-state index in [9.17, 15) is 0 Å². The first-order valence-corrected chi connectivity index (χ1v) is 6.33. The first-order valence-electron chi connectivity index (χ1n) is 6.33. The Morgan fingerprint density at radius 2 is 1.94 bits per heavy atom. The highest BCUT2D eigenvalue weighted by atomic mass is 16.5. The number of anilines is 1. The molecule has 0 amide bonds. The molecule has 0 bridgehead atoms. The average molecular weight is 235 g/mol. The van der Waals surface area contributed by atoms with Gasteiger partial charge in [-0.3, -0.25) is 0 Å². The Labute approximate surface area is 103 Å². The Kier molecular flexibility index (Phi) is 3.82. The fourth-order valence-electron chi connectivity index (χ4n) is 2.38. The van der Waals surface area contributed by atoms with Crippen molar-refractivity contribution in [3.63, 3.8) is 0 Å². The van der Waals surface area contributed by atoms with Crippen molar-refractivity contribution in [3.8, 4) is 5.88 Å². The van der Waals surface area contributed by atoms with Gasteiger partial charge in [0.1, 0.15) is 12.1 Å². The highest BCUT2D eigenvalue weighted by Gasteiger charge is 2.19. The van der Waals surface area contributed by atoms with Crippen molar-refractivity contribution in [1.82, 2.24) is 9.97 Å². The summed E-state index contributed by atoms with van der Waals surface area (Å²) in [7, 11) is 1.64. The summed E-state index contributed by atoms with van der Waals surface area (Å²) in [6, 6.07) is 0.546. The Balaban J connectivity index is 2.03. The van der Waals surface area contributed by atoms with Crippen molar-refractivity contribution in [3.05, 3.63) is 11.9 Å². The Bertz CT molecular complexity index is 373. The SMILES string of the molecule is COc1ncnc(NC2CCC(C)CC2)c1C. The molecule has 4 nitrogen and oxygen atoms in total. The molecular weight excluding hydrogens is 214 g/mol. The third-order valence-corrected chi connectivity index (χ3v) is 3.59. The Morgan fingerprint density at radius 3 is 2.59 bits per heavy atom. The molecule has 0 atom stereocenters. The molecule has 0 saturated heterocycles. The number of hydrogen-bond donors (Lipinski definition) is 1. The Morgan fingerprint density at radius 1 is 1.24 bits per heavy atom. The van der Waals surface area contributed by atoms with Gasteiger partial charge in [0, 0.05) is 6.04 Å². The van der Waals surface area contributed by atoms with Crippen molar-refractivity contribution in [2.45, 2.75) is 45.6 Å². The minimum Gasteiger partial charge on any atom is -0.481 e. The zero-order chi connectivity index (χ0) is 12.3. The fraction of sp³-hybridized carbons (Fsp3) is 0.692. The Hall–Kier alpha value is -1.32.